The van der Waals surface area contributed by atoms with Gasteiger partial charge in [-0.05, 0) is 144 Å². The van der Waals surface area contributed by atoms with Gasteiger partial charge in [0.1, 0.15) is 11.4 Å². The van der Waals surface area contributed by atoms with Gasteiger partial charge in [0.25, 0.3) is 0 Å². The maximum Gasteiger partial charge on any atom is 2.00 e. The van der Waals surface area contributed by atoms with Gasteiger partial charge in [0.05, 0.1) is 16.3 Å². The monoisotopic (exact) mass is 1230 g/mol. The summed E-state index contributed by atoms with van der Waals surface area (Å²) in [5.41, 5.74) is 25.2. The van der Waals surface area contributed by atoms with Crippen LogP contribution in [0.2, 0.25) is 0 Å². The van der Waals surface area contributed by atoms with E-state index in [1.807, 2.05) is 12.1 Å². The number of nitrogens with two attached hydrogens (primary N) is 1. The summed E-state index contributed by atoms with van der Waals surface area (Å²) in [5, 5.41) is 14.2. The average Bonchev–Trinajstić information content (AvgIpc) is 3.43. The zero-order valence-electron chi connectivity index (χ0n) is 55.3. The SMILES string of the molecule is CC(C)(C)c1cc(-c2c3nc(c(-c4cc(C(C)(C)C)cc(C(C)(C)C)c4)c4ccc([n-]4)c(-c4cc(C(C)(C)C)cc(C(C)(C)C)c4)c4nc(c(-c5cc(C(C)(C)C)cc(C(C)(C)C)c5)c5ccc2[n-]5)C(N)=C4[N+](=O)[O-])C=C3)cc(C(C)(C)C)c1.[Pd+2]. The summed E-state index contributed by atoms with van der Waals surface area (Å²) in [6, 6.07) is 35.3. The van der Waals surface area contributed by atoms with Crippen LogP contribution in [0.4, 0.5) is 0 Å². The van der Waals surface area contributed by atoms with Crippen LogP contribution in [0.1, 0.15) is 233 Å². The van der Waals surface area contributed by atoms with E-state index in [4.69, 9.17) is 25.7 Å². The minimum atomic E-state index is -0.356. The van der Waals surface area contributed by atoms with Crippen molar-refractivity contribution in [3.63, 3.8) is 0 Å². The van der Waals surface area contributed by atoms with Gasteiger partial charge in [-0.1, -0.05) is 263 Å². The summed E-state index contributed by atoms with van der Waals surface area (Å²) < 4.78 is 0. The number of hydrogen-bond acceptors (Lipinski definition) is 5. The van der Waals surface area contributed by atoms with Gasteiger partial charge in [0, 0.05) is 0 Å². The van der Waals surface area contributed by atoms with Crippen molar-refractivity contribution in [3.8, 4) is 44.5 Å². The Balaban J connectivity index is 0.00000940. The first kappa shape index (κ1) is 64.3. The third-order valence-electron chi connectivity index (χ3n) is 16.9. The van der Waals surface area contributed by atoms with E-state index >= 15 is 0 Å². The number of benzene rings is 4. The van der Waals surface area contributed by atoms with E-state index in [0.29, 0.717) is 33.2 Å². The van der Waals surface area contributed by atoms with Gasteiger partial charge < -0.3 is 15.7 Å². The molecule has 0 unspecified atom stereocenters. The van der Waals surface area contributed by atoms with E-state index < -0.39 is 0 Å². The van der Waals surface area contributed by atoms with E-state index in [1.165, 1.54) is 22.3 Å². The van der Waals surface area contributed by atoms with Gasteiger partial charge in [-0.3, -0.25) is 10.1 Å². The number of nitro groups is 1. The molecule has 2 aliphatic heterocycles. The number of fused-ring (bicyclic) bond motifs is 8. The number of hydrogen-bond donors (Lipinski definition) is 1. The molecule has 5 heterocycles. The van der Waals surface area contributed by atoms with E-state index in [0.717, 1.165) is 67.0 Å². The molecule has 8 nitrogen and oxygen atoms in total. The largest absolute Gasteiger partial charge is 2.00 e. The molecule has 0 spiro atoms. The Morgan fingerprint density at radius 1 is 0.353 bits per heavy atom. The molecule has 9 rings (SSSR count). The smallest absolute Gasteiger partial charge is 0.657 e. The molecule has 2 N–H and O–H groups in total. The Morgan fingerprint density at radius 3 is 0.812 bits per heavy atom. The molecule has 9 heteroatoms. The van der Waals surface area contributed by atoms with Crippen LogP contribution in [-0.4, -0.2) is 14.9 Å². The normalized spacial score (nSPS) is 13.8. The van der Waals surface area contributed by atoms with Crippen LogP contribution >= 0.6 is 0 Å². The summed E-state index contributed by atoms with van der Waals surface area (Å²) in [4.78, 5) is 36.7. The van der Waals surface area contributed by atoms with Crippen molar-refractivity contribution in [2.45, 2.75) is 209 Å². The number of aromatic nitrogens is 4. The minimum absolute atomic E-state index is 0. The average molecular weight is 1230 g/mol. The molecule has 448 valence electrons. The molecule has 7 aromatic rings. The van der Waals surface area contributed by atoms with Crippen molar-refractivity contribution >= 4 is 45.6 Å². The third-order valence-corrected chi connectivity index (χ3v) is 16.9. The standard InChI is InChI=1S/C76H92N6O2.Pd/c1-69(2,3)47-31-43(32-48(39-47)70(4,5)6)61-55-25-26-56(78-55)62(44-33-49(71(7,8)9)40-50(34-44)72(10,11)12)58-28-30-60(80-58)64(46-37-53(75(19,20)21)42-54(38-46)76(22,23)24)67-68(82(83)84)65(77)66(81-67)63(59-29-27-57(61)79-59)45-35-51(73(13,14)15)41-52(36-45)74(16,17)18;/h25-42H,77H2,1-24H3;/q-2;+2. The minimum Gasteiger partial charge on any atom is -0.657 e. The van der Waals surface area contributed by atoms with Crippen molar-refractivity contribution in [3.05, 3.63) is 174 Å². The summed E-state index contributed by atoms with van der Waals surface area (Å²) in [7, 11) is 0. The first-order chi connectivity index (χ1) is 38.4. The topological polar surface area (TPSA) is 123 Å². The Morgan fingerprint density at radius 2 is 0.576 bits per heavy atom. The van der Waals surface area contributed by atoms with Crippen molar-refractivity contribution in [1.82, 2.24) is 19.9 Å². The molecule has 0 saturated carbocycles. The second-order valence-corrected chi connectivity index (χ2v) is 32.2. The third kappa shape index (κ3) is 12.9. The predicted molar refractivity (Wildman–Crippen MR) is 357 cm³/mol. The van der Waals surface area contributed by atoms with E-state index in [1.54, 1.807) is 0 Å². The van der Waals surface area contributed by atoms with Crippen LogP contribution in [-0.2, 0) is 63.7 Å². The van der Waals surface area contributed by atoms with Crippen LogP contribution in [0.3, 0.4) is 0 Å². The van der Waals surface area contributed by atoms with Gasteiger partial charge >= 0.3 is 26.1 Å². The quantitative estimate of drug-likeness (QED) is 0.103. The van der Waals surface area contributed by atoms with Crippen molar-refractivity contribution < 1.29 is 25.3 Å². The maximum atomic E-state index is 14.2. The van der Waals surface area contributed by atoms with Crippen molar-refractivity contribution in [1.29, 1.82) is 0 Å². The predicted octanol–water partition coefficient (Wildman–Crippen LogP) is 19.9. The Bertz CT molecular complexity index is 3940. The van der Waals surface area contributed by atoms with Crippen LogP contribution in [0.15, 0.2) is 97.1 Å². The van der Waals surface area contributed by atoms with E-state index in [9.17, 15) is 10.1 Å². The molecule has 8 bridgehead atoms. The van der Waals surface area contributed by atoms with E-state index in [2.05, 4.69) is 263 Å². The van der Waals surface area contributed by atoms with Gasteiger partial charge in [0.2, 0.25) is 0 Å². The molecule has 2 aliphatic rings. The summed E-state index contributed by atoms with van der Waals surface area (Å²) in [6.45, 7) is 53.6. The summed E-state index contributed by atoms with van der Waals surface area (Å²) in [6.07, 6.45) is 4.27. The van der Waals surface area contributed by atoms with Crippen molar-refractivity contribution in [2.75, 3.05) is 0 Å². The maximum absolute atomic E-state index is 14.2. The fraction of sp³-hybridized carbons (Fsp3) is 0.421. The van der Waals surface area contributed by atoms with Crippen molar-refractivity contribution in [2.24, 2.45) is 5.73 Å². The van der Waals surface area contributed by atoms with Crippen LogP contribution < -0.4 is 15.7 Å². The number of nitrogens with zero attached hydrogens (tertiary/aromatic N) is 5. The van der Waals surface area contributed by atoms with Gasteiger partial charge in [-0.2, -0.15) is 0 Å². The van der Waals surface area contributed by atoms with Gasteiger partial charge in [-0.15, -0.1) is 22.1 Å². The van der Waals surface area contributed by atoms with Crippen LogP contribution in [0.5, 0.6) is 0 Å². The molecule has 4 aromatic carbocycles. The van der Waals surface area contributed by atoms with Crippen LogP contribution in [0.25, 0.3) is 90.1 Å². The molecule has 0 amide bonds. The molecule has 3 aromatic heterocycles. The number of rotatable bonds is 5. The molecule has 0 fully saturated rings. The molecule has 0 atom stereocenters. The Hall–Kier alpha value is -6.66. The molecule has 0 aliphatic carbocycles. The zero-order chi connectivity index (χ0) is 62.1. The van der Waals surface area contributed by atoms with Crippen LogP contribution in [0, 0.1) is 10.1 Å². The Labute approximate surface area is 521 Å². The second-order valence-electron chi connectivity index (χ2n) is 32.2. The zero-order valence-corrected chi connectivity index (χ0v) is 56.9. The summed E-state index contributed by atoms with van der Waals surface area (Å²) in [5.74, 6) is 0. The van der Waals surface area contributed by atoms with E-state index in [-0.39, 0.29) is 91.4 Å². The fourth-order valence-electron chi connectivity index (χ4n) is 11.2. The van der Waals surface area contributed by atoms with Gasteiger partial charge in [-0.25, -0.2) is 9.97 Å². The molecule has 0 radical (unpaired) electrons. The molecular formula is C76H92N6O2Pd. The second kappa shape index (κ2) is 21.6. The first-order valence-electron chi connectivity index (χ1n) is 30.1. The fourth-order valence-corrected chi connectivity index (χ4v) is 11.2. The Kier molecular flexibility index (Phi) is 16.4. The summed E-state index contributed by atoms with van der Waals surface area (Å²) >= 11 is 0. The molecule has 0 saturated heterocycles. The molecular weight excluding hydrogens is 1140 g/mol. The van der Waals surface area contributed by atoms with Gasteiger partial charge in [0.15, 0.2) is 5.69 Å². The molecule has 85 heavy (non-hydrogen) atoms. The first-order valence-corrected chi connectivity index (χ1v) is 30.1.